The first-order valence-electron chi connectivity index (χ1n) is 6.14. The lowest BCUT2D eigenvalue weighted by atomic mass is 9.95. The fourth-order valence-corrected chi connectivity index (χ4v) is 2.29. The molecule has 2 heteroatoms. The molecule has 0 amide bonds. The molecule has 1 rings (SSSR count). The SMILES string of the molecule is CCCC(C)(C)NC(C)c1cnccc1C. The normalized spacial score (nSPS) is 13.8. The van der Waals surface area contributed by atoms with Crippen LogP contribution in [0.1, 0.15) is 57.7 Å². The van der Waals surface area contributed by atoms with Crippen molar-refractivity contribution in [2.45, 2.75) is 59.0 Å². The van der Waals surface area contributed by atoms with Crippen molar-refractivity contribution in [3.8, 4) is 0 Å². The van der Waals surface area contributed by atoms with Crippen molar-refractivity contribution in [1.82, 2.24) is 10.3 Å². The van der Waals surface area contributed by atoms with Gasteiger partial charge in [0.05, 0.1) is 0 Å². The highest BCUT2D eigenvalue weighted by Crippen LogP contribution is 2.21. The van der Waals surface area contributed by atoms with Crippen LogP contribution in [-0.2, 0) is 0 Å². The lowest BCUT2D eigenvalue weighted by Crippen LogP contribution is -2.40. The van der Waals surface area contributed by atoms with Crippen molar-refractivity contribution in [2.75, 3.05) is 0 Å². The third-order valence-electron chi connectivity index (χ3n) is 3.03. The Bertz CT molecular complexity index is 331. The molecule has 0 spiro atoms. The van der Waals surface area contributed by atoms with Crippen LogP contribution < -0.4 is 5.32 Å². The zero-order valence-corrected chi connectivity index (χ0v) is 11.2. The second-order valence-electron chi connectivity index (χ2n) is 5.23. The van der Waals surface area contributed by atoms with Gasteiger partial charge >= 0.3 is 0 Å². The van der Waals surface area contributed by atoms with Crippen molar-refractivity contribution in [3.05, 3.63) is 29.6 Å². The van der Waals surface area contributed by atoms with Crippen molar-refractivity contribution >= 4 is 0 Å². The van der Waals surface area contributed by atoms with Gasteiger partial charge in [-0.3, -0.25) is 4.98 Å². The van der Waals surface area contributed by atoms with Crippen molar-refractivity contribution < 1.29 is 0 Å². The van der Waals surface area contributed by atoms with Gasteiger partial charge in [-0.05, 0) is 51.3 Å². The first-order chi connectivity index (χ1) is 7.46. The number of nitrogens with one attached hydrogen (secondary N) is 1. The van der Waals surface area contributed by atoms with Gasteiger partial charge in [0.25, 0.3) is 0 Å². The number of rotatable bonds is 5. The van der Waals surface area contributed by atoms with Gasteiger partial charge in [0.15, 0.2) is 0 Å². The summed E-state index contributed by atoms with van der Waals surface area (Å²) in [4.78, 5) is 4.20. The molecule has 0 aliphatic heterocycles. The fourth-order valence-electron chi connectivity index (χ4n) is 2.29. The summed E-state index contributed by atoms with van der Waals surface area (Å²) >= 11 is 0. The van der Waals surface area contributed by atoms with E-state index in [1.807, 2.05) is 12.4 Å². The van der Waals surface area contributed by atoms with E-state index in [1.165, 1.54) is 24.0 Å². The van der Waals surface area contributed by atoms with Gasteiger partial charge in [0.2, 0.25) is 0 Å². The van der Waals surface area contributed by atoms with Gasteiger partial charge in [0.1, 0.15) is 0 Å². The molecule has 0 fully saturated rings. The van der Waals surface area contributed by atoms with Gasteiger partial charge in [0, 0.05) is 24.0 Å². The van der Waals surface area contributed by atoms with E-state index in [-0.39, 0.29) is 5.54 Å². The predicted octanol–water partition coefficient (Wildman–Crippen LogP) is 3.62. The molecule has 1 aromatic heterocycles. The second kappa shape index (κ2) is 5.44. The van der Waals surface area contributed by atoms with Crippen LogP contribution in [0.2, 0.25) is 0 Å². The Labute approximate surface area is 99.5 Å². The molecule has 1 atom stereocenters. The third kappa shape index (κ3) is 3.60. The van der Waals surface area contributed by atoms with E-state index in [1.54, 1.807) is 0 Å². The van der Waals surface area contributed by atoms with Crippen molar-refractivity contribution in [1.29, 1.82) is 0 Å². The summed E-state index contributed by atoms with van der Waals surface area (Å²) in [5, 5.41) is 3.67. The fraction of sp³-hybridized carbons (Fsp3) is 0.643. The molecule has 1 unspecified atom stereocenters. The molecular formula is C14H24N2. The molecule has 0 aromatic carbocycles. The highest BCUT2D eigenvalue weighted by molar-refractivity contribution is 5.24. The summed E-state index contributed by atoms with van der Waals surface area (Å²) < 4.78 is 0. The Morgan fingerprint density at radius 2 is 2.12 bits per heavy atom. The van der Waals surface area contributed by atoms with E-state index in [4.69, 9.17) is 0 Å². The average molecular weight is 220 g/mol. The monoisotopic (exact) mass is 220 g/mol. The van der Waals surface area contributed by atoms with Gasteiger partial charge in [-0.1, -0.05) is 13.3 Å². The van der Waals surface area contributed by atoms with Crippen LogP contribution in [0.4, 0.5) is 0 Å². The van der Waals surface area contributed by atoms with Gasteiger partial charge in [-0.15, -0.1) is 0 Å². The standard InChI is InChI=1S/C14H24N2/c1-6-8-14(4,5)16-12(3)13-10-15-9-7-11(13)2/h7,9-10,12,16H,6,8H2,1-5H3. The van der Waals surface area contributed by atoms with E-state index in [0.717, 1.165) is 0 Å². The third-order valence-corrected chi connectivity index (χ3v) is 3.03. The minimum absolute atomic E-state index is 0.191. The maximum Gasteiger partial charge on any atom is 0.0318 e. The average Bonchev–Trinajstić information content (AvgIpc) is 2.17. The Kier molecular flexibility index (Phi) is 4.48. The van der Waals surface area contributed by atoms with Crippen molar-refractivity contribution in [3.63, 3.8) is 0 Å². The second-order valence-corrected chi connectivity index (χ2v) is 5.23. The Morgan fingerprint density at radius 1 is 1.44 bits per heavy atom. The molecule has 1 aromatic rings. The van der Waals surface area contributed by atoms with Crippen LogP contribution in [0.15, 0.2) is 18.5 Å². The minimum atomic E-state index is 0.191. The zero-order valence-electron chi connectivity index (χ0n) is 11.2. The van der Waals surface area contributed by atoms with Gasteiger partial charge in [-0.2, -0.15) is 0 Å². The largest absolute Gasteiger partial charge is 0.305 e. The Morgan fingerprint density at radius 3 is 2.69 bits per heavy atom. The Hall–Kier alpha value is -0.890. The summed E-state index contributed by atoms with van der Waals surface area (Å²) in [5.41, 5.74) is 2.80. The van der Waals surface area contributed by atoms with E-state index in [0.29, 0.717) is 6.04 Å². The first kappa shape index (κ1) is 13.2. The lowest BCUT2D eigenvalue weighted by molar-refractivity contribution is 0.323. The quantitative estimate of drug-likeness (QED) is 0.819. The summed E-state index contributed by atoms with van der Waals surface area (Å²) in [6.45, 7) is 11.1. The number of nitrogens with zero attached hydrogens (tertiary/aromatic N) is 1. The van der Waals surface area contributed by atoms with Crippen molar-refractivity contribution in [2.24, 2.45) is 0 Å². The van der Waals surface area contributed by atoms with E-state index in [9.17, 15) is 0 Å². The van der Waals surface area contributed by atoms with Gasteiger partial charge < -0.3 is 5.32 Å². The van der Waals surface area contributed by atoms with Crippen LogP contribution in [-0.4, -0.2) is 10.5 Å². The molecular weight excluding hydrogens is 196 g/mol. The van der Waals surface area contributed by atoms with E-state index >= 15 is 0 Å². The predicted molar refractivity (Wildman–Crippen MR) is 69.5 cm³/mol. The maximum atomic E-state index is 4.20. The van der Waals surface area contributed by atoms with Crippen LogP contribution in [0.5, 0.6) is 0 Å². The molecule has 1 N–H and O–H groups in total. The number of aryl methyl sites for hydroxylation is 1. The molecule has 2 nitrogen and oxygen atoms in total. The number of hydrogen-bond donors (Lipinski definition) is 1. The zero-order chi connectivity index (χ0) is 12.2. The van der Waals surface area contributed by atoms with E-state index < -0.39 is 0 Å². The maximum absolute atomic E-state index is 4.20. The number of pyridine rings is 1. The molecule has 16 heavy (non-hydrogen) atoms. The first-order valence-corrected chi connectivity index (χ1v) is 6.14. The Balaban J connectivity index is 2.72. The molecule has 90 valence electrons. The number of aromatic nitrogens is 1. The molecule has 0 radical (unpaired) electrons. The number of hydrogen-bond acceptors (Lipinski definition) is 2. The summed E-state index contributed by atoms with van der Waals surface area (Å²) in [7, 11) is 0. The smallest absolute Gasteiger partial charge is 0.0318 e. The molecule has 0 aliphatic carbocycles. The van der Waals surface area contributed by atoms with E-state index in [2.05, 4.69) is 51.0 Å². The molecule has 1 heterocycles. The van der Waals surface area contributed by atoms with Crippen LogP contribution in [0.3, 0.4) is 0 Å². The minimum Gasteiger partial charge on any atom is -0.305 e. The highest BCUT2D eigenvalue weighted by atomic mass is 15.0. The molecule has 0 saturated heterocycles. The van der Waals surface area contributed by atoms with Crippen LogP contribution >= 0.6 is 0 Å². The van der Waals surface area contributed by atoms with Crippen LogP contribution in [0, 0.1) is 6.92 Å². The highest BCUT2D eigenvalue weighted by Gasteiger charge is 2.20. The molecule has 0 saturated carbocycles. The van der Waals surface area contributed by atoms with Crippen LogP contribution in [0.25, 0.3) is 0 Å². The molecule has 0 aliphatic rings. The summed E-state index contributed by atoms with van der Waals surface area (Å²) in [6, 6.07) is 2.43. The topological polar surface area (TPSA) is 24.9 Å². The molecule has 0 bridgehead atoms. The van der Waals surface area contributed by atoms with Gasteiger partial charge in [-0.25, -0.2) is 0 Å². The lowest BCUT2D eigenvalue weighted by Gasteiger charge is -2.30. The summed E-state index contributed by atoms with van der Waals surface area (Å²) in [6.07, 6.45) is 6.22. The summed E-state index contributed by atoms with van der Waals surface area (Å²) in [5.74, 6) is 0.